The topological polar surface area (TPSA) is 86.6 Å². The fourth-order valence-corrected chi connectivity index (χ4v) is 3.63. The first kappa shape index (κ1) is 20.4. The number of nitrogens with zero attached hydrogens (tertiary/aromatic N) is 2. The third-order valence-electron chi connectivity index (χ3n) is 4.91. The molecule has 7 nitrogen and oxygen atoms in total. The van der Waals surface area contributed by atoms with Crippen molar-refractivity contribution in [2.45, 2.75) is 0 Å². The van der Waals surface area contributed by atoms with Gasteiger partial charge in [0.15, 0.2) is 0 Å². The van der Waals surface area contributed by atoms with Crippen LogP contribution < -0.4 is 0 Å². The van der Waals surface area contributed by atoms with Crippen LogP contribution in [0.25, 0.3) is 10.9 Å². The third-order valence-corrected chi connectivity index (χ3v) is 5.66. The molecule has 2 amide bonds. The van der Waals surface area contributed by atoms with E-state index in [-0.39, 0.29) is 58.5 Å². The molecule has 0 radical (unpaired) electrons. The number of rotatable bonds is 3. The van der Waals surface area contributed by atoms with Gasteiger partial charge in [-0.2, -0.15) is 0 Å². The monoisotopic (exact) mass is 455 g/mol. The molecule has 1 aromatic carbocycles. The molecule has 0 spiro atoms. The number of H-pyrrole nitrogens is 1. The minimum absolute atomic E-state index is 0.00365. The first-order valence-electron chi connectivity index (χ1n) is 8.80. The van der Waals surface area contributed by atoms with Crippen LogP contribution in [0, 0.1) is 11.6 Å². The maximum absolute atomic E-state index is 14.1. The zero-order valence-electron chi connectivity index (χ0n) is 15.2. The second kappa shape index (κ2) is 7.73. The Morgan fingerprint density at radius 1 is 1.00 bits per heavy atom. The summed E-state index contributed by atoms with van der Waals surface area (Å²) in [7, 11) is 0. The Morgan fingerprint density at radius 2 is 1.63 bits per heavy atom. The van der Waals surface area contributed by atoms with Crippen molar-refractivity contribution >= 4 is 51.7 Å². The molecule has 11 heteroatoms. The smallest absolute Gasteiger partial charge is 0.295 e. The number of carbonyl (C=O) groups is 3. The summed E-state index contributed by atoms with van der Waals surface area (Å²) in [5, 5.41) is -0.155. The van der Waals surface area contributed by atoms with Gasteiger partial charge in [0.1, 0.15) is 22.9 Å². The van der Waals surface area contributed by atoms with E-state index in [9.17, 15) is 23.2 Å². The Balaban J connectivity index is 1.47. The molecule has 3 heterocycles. The molecule has 0 saturated carbocycles. The maximum Gasteiger partial charge on any atom is 0.295 e. The number of nitrogens with one attached hydrogen (secondary N) is 1. The van der Waals surface area contributed by atoms with Gasteiger partial charge in [0.05, 0.1) is 16.1 Å². The minimum atomic E-state index is -0.966. The molecule has 1 aliphatic rings. The Bertz CT molecular complexity index is 1180. The van der Waals surface area contributed by atoms with Gasteiger partial charge in [0.25, 0.3) is 17.6 Å². The molecule has 3 aromatic rings. The summed E-state index contributed by atoms with van der Waals surface area (Å²) in [6.45, 7) is 0.399. The van der Waals surface area contributed by atoms with Crippen LogP contribution in [0.15, 0.2) is 29.0 Å². The van der Waals surface area contributed by atoms with Crippen LogP contribution >= 0.6 is 23.2 Å². The average Bonchev–Trinajstić information content (AvgIpc) is 3.34. The fourth-order valence-electron chi connectivity index (χ4n) is 3.33. The SMILES string of the molecule is O=C(C(=O)N1CCN(C(=O)c2occ(Cl)c2Cl)CC1)c1c[nH]c2c(F)ccc(F)c12. The van der Waals surface area contributed by atoms with Crippen LogP contribution in [0.2, 0.25) is 10.0 Å². The summed E-state index contributed by atoms with van der Waals surface area (Å²) in [4.78, 5) is 42.9. The highest BCUT2D eigenvalue weighted by Gasteiger charge is 2.32. The number of halogens is 4. The number of hydrogen-bond donors (Lipinski definition) is 1. The van der Waals surface area contributed by atoms with E-state index in [1.165, 1.54) is 9.80 Å². The molecule has 1 saturated heterocycles. The second-order valence-corrected chi connectivity index (χ2v) is 7.41. The lowest BCUT2D eigenvalue weighted by Crippen LogP contribution is -2.52. The van der Waals surface area contributed by atoms with Crippen LogP contribution in [0.1, 0.15) is 20.9 Å². The summed E-state index contributed by atoms with van der Waals surface area (Å²) in [5.74, 6) is -3.97. The normalized spacial score (nSPS) is 14.4. The van der Waals surface area contributed by atoms with Crippen molar-refractivity contribution in [1.82, 2.24) is 14.8 Å². The quantitative estimate of drug-likeness (QED) is 0.483. The largest absolute Gasteiger partial charge is 0.456 e. The van der Waals surface area contributed by atoms with Crippen molar-refractivity contribution in [3.63, 3.8) is 0 Å². The van der Waals surface area contributed by atoms with Gasteiger partial charge >= 0.3 is 0 Å². The van der Waals surface area contributed by atoms with Gasteiger partial charge in [0, 0.05) is 37.8 Å². The molecular formula is C19H13Cl2F2N3O4. The van der Waals surface area contributed by atoms with E-state index in [0.29, 0.717) is 0 Å². The van der Waals surface area contributed by atoms with Gasteiger partial charge < -0.3 is 19.2 Å². The number of furan rings is 1. The second-order valence-electron chi connectivity index (χ2n) is 6.62. The van der Waals surface area contributed by atoms with Gasteiger partial charge in [-0.25, -0.2) is 8.78 Å². The number of hydrogen-bond acceptors (Lipinski definition) is 4. The summed E-state index contributed by atoms with van der Waals surface area (Å²) < 4.78 is 33.0. The Kier molecular flexibility index (Phi) is 5.25. The third kappa shape index (κ3) is 3.33. The number of aromatic nitrogens is 1. The van der Waals surface area contributed by atoms with Crippen LogP contribution in [0.4, 0.5) is 8.78 Å². The van der Waals surface area contributed by atoms with E-state index < -0.39 is 29.2 Å². The van der Waals surface area contributed by atoms with E-state index >= 15 is 0 Å². The first-order valence-corrected chi connectivity index (χ1v) is 9.55. The lowest BCUT2D eigenvalue weighted by atomic mass is 10.1. The highest BCUT2D eigenvalue weighted by atomic mass is 35.5. The molecular weight excluding hydrogens is 443 g/mol. The average molecular weight is 456 g/mol. The zero-order chi connectivity index (χ0) is 21.6. The lowest BCUT2D eigenvalue weighted by molar-refractivity contribution is -0.127. The summed E-state index contributed by atoms with van der Waals surface area (Å²) in [5.41, 5.74) is -0.432. The number of piperazine rings is 1. The van der Waals surface area contributed by atoms with Crippen molar-refractivity contribution in [3.8, 4) is 0 Å². The summed E-state index contributed by atoms with van der Waals surface area (Å²) in [6.07, 6.45) is 2.26. The summed E-state index contributed by atoms with van der Waals surface area (Å²) in [6, 6.07) is 1.82. The molecule has 30 heavy (non-hydrogen) atoms. The molecule has 0 atom stereocenters. The van der Waals surface area contributed by atoms with Crippen molar-refractivity contribution in [1.29, 1.82) is 0 Å². The number of Topliss-reactive ketones (excluding diaryl/α,β-unsaturated/α-hetero) is 1. The Morgan fingerprint density at radius 3 is 2.27 bits per heavy atom. The number of ketones is 1. The van der Waals surface area contributed by atoms with Crippen molar-refractivity contribution in [2.75, 3.05) is 26.2 Å². The molecule has 1 N–H and O–H groups in total. The molecule has 1 fully saturated rings. The molecule has 0 unspecified atom stereocenters. The minimum Gasteiger partial charge on any atom is -0.456 e. The van der Waals surface area contributed by atoms with Gasteiger partial charge in [-0.1, -0.05) is 23.2 Å². The number of amides is 2. The fraction of sp³-hybridized carbons (Fsp3) is 0.211. The number of benzene rings is 1. The molecule has 0 bridgehead atoms. The van der Waals surface area contributed by atoms with Crippen LogP contribution in [-0.4, -0.2) is 58.6 Å². The van der Waals surface area contributed by atoms with E-state index in [2.05, 4.69) is 4.98 Å². The predicted molar refractivity (Wildman–Crippen MR) is 104 cm³/mol. The highest BCUT2D eigenvalue weighted by Crippen LogP contribution is 2.29. The number of fused-ring (bicyclic) bond motifs is 1. The van der Waals surface area contributed by atoms with E-state index in [1.54, 1.807) is 0 Å². The highest BCUT2D eigenvalue weighted by molar-refractivity contribution is 6.45. The summed E-state index contributed by atoms with van der Waals surface area (Å²) >= 11 is 11.7. The van der Waals surface area contributed by atoms with E-state index in [1.807, 2.05) is 0 Å². The van der Waals surface area contributed by atoms with Gasteiger partial charge in [-0.05, 0) is 12.1 Å². The maximum atomic E-state index is 14.1. The molecule has 4 rings (SSSR count). The van der Waals surface area contributed by atoms with E-state index in [4.69, 9.17) is 27.6 Å². The number of carbonyl (C=O) groups excluding carboxylic acids is 3. The standard InChI is InChI=1S/C19H13Cl2F2N3O4/c20-10-8-30-17(14(10)21)19(29)26-5-3-25(4-6-26)18(28)16(27)9-7-24-15-12(23)2-1-11(22)13(9)15/h1-2,7-8,24H,3-6H2. The molecule has 1 aliphatic heterocycles. The molecule has 0 aliphatic carbocycles. The van der Waals surface area contributed by atoms with Crippen LogP contribution in [0.3, 0.4) is 0 Å². The van der Waals surface area contributed by atoms with Crippen molar-refractivity contribution in [2.24, 2.45) is 0 Å². The first-order chi connectivity index (χ1) is 14.3. The predicted octanol–water partition coefficient (Wildman–Crippen LogP) is 3.51. The van der Waals surface area contributed by atoms with Crippen molar-refractivity contribution in [3.05, 3.63) is 57.6 Å². The van der Waals surface area contributed by atoms with Crippen molar-refractivity contribution < 1.29 is 27.6 Å². The zero-order valence-corrected chi connectivity index (χ0v) is 16.7. The van der Waals surface area contributed by atoms with Crippen LogP contribution in [-0.2, 0) is 4.79 Å². The Hall–Kier alpha value is -2.91. The Labute approximate surface area is 178 Å². The number of aromatic amines is 1. The molecule has 156 valence electrons. The van der Waals surface area contributed by atoms with Crippen LogP contribution in [0.5, 0.6) is 0 Å². The van der Waals surface area contributed by atoms with E-state index in [0.717, 1.165) is 24.6 Å². The van der Waals surface area contributed by atoms with Gasteiger partial charge in [-0.3, -0.25) is 14.4 Å². The van der Waals surface area contributed by atoms with Gasteiger partial charge in [-0.15, -0.1) is 0 Å². The molecule has 2 aromatic heterocycles. The lowest BCUT2D eigenvalue weighted by Gasteiger charge is -2.33. The van der Waals surface area contributed by atoms with Gasteiger partial charge in [0.2, 0.25) is 5.76 Å².